The third-order valence-electron chi connectivity index (χ3n) is 4.24. The molecular weight excluding hydrogens is 330 g/mol. The molecule has 0 saturated carbocycles. The Hall–Kier alpha value is -3.28. The van der Waals surface area contributed by atoms with E-state index in [0.717, 1.165) is 22.2 Å². The number of H-pyrrole nitrogens is 1. The number of carbonyl (C=O) groups excluding carboxylic acids is 2. The number of anilines is 2. The first kappa shape index (κ1) is 17.5. The average molecular weight is 351 g/mol. The third kappa shape index (κ3) is 3.69. The number of aromatic amines is 1. The monoisotopic (exact) mass is 351 g/mol. The Bertz CT molecular complexity index is 958. The molecule has 6 heteroatoms. The van der Waals surface area contributed by atoms with Crippen molar-refractivity contribution in [3.63, 3.8) is 0 Å². The Kier molecular flexibility index (Phi) is 4.93. The van der Waals surface area contributed by atoms with E-state index in [1.165, 1.54) is 0 Å². The predicted molar refractivity (Wildman–Crippen MR) is 103 cm³/mol. The van der Waals surface area contributed by atoms with Crippen LogP contribution in [0.4, 0.5) is 16.2 Å². The summed E-state index contributed by atoms with van der Waals surface area (Å²) in [7, 11) is 0. The lowest BCUT2D eigenvalue weighted by Crippen LogP contribution is -2.14. The fourth-order valence-electron chi connectivity index (χ4n) is 2.73. The molecule has 0 unspecified atom stereocenters. The molecule has 26 heavy (non-hydrogen) atoms. The number of nitrogens with one attached hydrogen (secondary N) is 3. The van der Waals surface area contributed by atoms with Crippen LogP contribution >= 0.6 is 0 Å². The SMILES string of the molecule is CCOC(=O)Nc1ccc(NC(=O)c2ccc3[nH]c(C)c(C)c3c2)cc1. The molecule has 2 aromatic carbocycles. The van der Waals surface area contributed by atoms with Gasteiger partial charge in [0.25, 0.3) is 5.91 Å². The van der Waals surface area contributed by atoms with Crippen LogP contribution in [0.1, 0.15) is 28.5 Å². The molecule has 0 fully saturated rings. The smallest absolute Gasteiger partial charge is 0.411 e. The number of carbonyl (C=O) groups is 2. The number of aryl methyl sites for hydroxylation is 2. The maximum atomic E-state index is 12.5. The Balaban J connectivity index is 1.71. The quantitative estimate of drug-likeness (QED) is 0.642. The second-order valence-corrected chi connectivity index (χ2v) is 6.01. The van der Waals surface area contributed by atoms with Crippen LogP contribution in [0.3, 0.4) is 0 Å². The minimum Gasteiger partial charge on any atom is -0.450 e. The molecule has 134 valence electrons. The number of benzene rings is 2. The van der Waals surface area contributed by atoms with Gasteiger partial charge in [-0.15, -0.1) is 0 Å². The molecule has 1 heterocycles. The Labute approximate surface area is 151 Å². The molecule has 0 radical (unpaired) electrons. The van der Waals surface area contributed by atoms with Crippen molar-refractivity contribution >= 4 is 34.3 Å². The Morgan fingerprint density at radius 3 is 2.31 bits per heavy atom. The highest BCUT2D eigenvalue weighted by molar-refractivity contribution is 6.06. The van der Waals surface area contributed by atoms with Crippen LogP contribution < -0.4 is 10.6 Å². The average Bonchev–Trinajstić information content (AvgIpc) is 2.91. The van der Waals surface area contributed by atoms with E-state index in [-0.39, 0.29) is 5.91 Å². The van der Waals surface area contributed by atoms with Gasteiger partial charge in [-0.1, -0.05) is 0 Å². The number of aromatic nitrogens is 1. The second-order valence-electron chi connectivity index (χ2n) is 6.01. The van der Waals surface area contributed by atoms with Crippen molar-refractivity contribution in [3.05, 3.63) is 59.3 Å². The van der Waals surface area contributed by atoms with Crippen molar-refractivity contribution in [3.8, 4) is 0 Å². The van der Waals surface area contributed by atoms with Crippen LogP contribution in [0.5, 0.6) is 0 Å². The summed E-state index contributed by atoms with van der Waals surface area (Å²) in [4.78, 5) is 27.2. The molecule has 2 amide bonds. The predicted octanol–water partition coefficient (Wildman–Crippen LogP) is 4.61. The molecule has 0 aliphatic rings. The first-order valence-corrected chi connectivity index (χ1v) is 8.42. The number of fused-ring (bicyclic) bond motifs is 1. The summed E-state index contributed by atoms with van der Waals surface area (Å²) in [5.41, 5.74) is 5.10. The third-order valence-corrected chi connectivity index (χ3v) is 4.24. The summed E-state index contributed by atoms with van der Waals surface area (Å²) in [6, 6.07) is 12.5. The van der Waals surface area contributed by atoms with E-state index in [1.807, 2.05) is 26.0 Å². The largest absolute Gasteiger partial charge is 0.450 e. The maximum absolute atomic E-state index is 12.5. The van der Waals surface area contributed by atoms with E-state index in [0.29, 0.717) is 23.5 Å². The molecule has 1 aromatic heterocycles. The molecule has 0 aliphatic carbocycles. The molecule has 3 aromatic rings. The molecule has 0 aliphatic heterocycles. The van der Waals surface area contributed by atoms with Crippen LogP contribution in [-0.4, -0.2) is 23.6 Å². The van der Waals surface area contributed by atoms with E-state index >= 15 is 0 Å². The minimum atomic E-state index is -0.505. The van der Waals surface area contributed by atoms with E-state index < -0.39 is 6.09 Å². The van der Waals surface area contributed by atoms with Gasteiger partial charge in [0.15, 0.2) is 0 Å². The van der Waals surface area contributed by atoms with Crippen LogP contribution in [0.2, 0.25) is 0 Å². The van der Waals surface area contributed by atoms with Gasteiger partial charge in [-0.2, -0.15) is 0 Å². The Morgan fingerprint density at radius 1 is 1.00 bits per heavy atom. The number of rotatable bonds is 4. The number of hydrogen-bond donors (Lipinski definition) is 3. The lowest BCUT2D eigenvalue weighted by atomic mass is 10.1. The first-order chi connectivity index (χ1) is 12.5. The van der Waals surface area contributed by atoms with E-state index in [2.05, 4.69) is 15.6 Å². The van der Waals surface area contributed by atoms with Crippen molar-refractivity contribution < 1.29 is 14.3 Å². The van der Waals surface area contributed by atoms with Crippen LogP contribution in [0, 0.1) is 13.8 Å². The number of amides is 2. The molecule has 0 saturated heterocycles. The number of ether oxygens (including phenoxy) is 1. The summed E-state index contributed by atoms with van der Waals surface area (Å²) in [5, 5.41) is 6.51. The summed E-state index contributed by atoms with van der Waals surface area (Å²) in [6.07, 6.45) is -0.505. The van der Waals surface area contributed by atoms with Gasteiger partial charge in [-0.25, -0.2) is 4.79 Å². The Morgan fingerprint density at radius 2 is 1.65 bits per heavy atom. The molecule has 0 bridgehead atoms. The van der Waals surface area contributed by atoms with Gasteiger partial charge in [0.1, 0.15) is 0 Å². The summed E-state index contributed by atoms with van der Waals surface area (Å²) in [5.74, 6) is -0.184. The topological polar surface area (TPSA) is 83.2 Å². The standard InChI is InChI=1S/C20H21N3O3/c1-4-26-20(25)23-16-8-6-15(7-9-16)22-19(24)14-5-10-18-17(11-14)12(2)13(3)21-18/h5-11,21H,4H2,1-3H3,(H,22,24)(H,23,25). The fraction of sp³-hybridized carbons (Fsp3) is 0.200. The lowest BCUT2D eigenvalue weighted by Gasteiger charge is -2.08. The normalized spacial score (nSPS) is 10.6. The maximum Gasteiger partial charge on any atom is 0.411 e. The molecule has 3 N–H and O–H groups in total. The summed E-state index contributed by atoms with van der Waals surface area (Å²) < 4.78 is 4.82. The summed E-state index contributed by atoms with van der Waals surface area (Å²) in [6.45, 7) is 6.10. The van der Waals surface area contributed by atoms with Crippen molar-refractivity contribution in [2.24, 2.45) is 0 Å². The van der Waals surface area contributed by atoms with Gasteiger partial charge in [-0.3, -0.25) is 10.1 Å². The minimum absolute atomic E-state index is 0.184. The first-order valence-electron chi connectivity index (χ1n) is 8.42. The van der Waals surface area contributed by atoms with E-state index in [1.54, 1.807) is 37.3 Å². The fourth-order valence-corrected chi connectivity index (χ4v) is 2.73. The van der Waals surface area contributed by atoms with Crippen molar-refractivity contribution in [1.82, 2.24) is 4.98 Å². The molecular formula is C20H21N3O3. The van der Waals surface area contributed by atoms with Crippen molar-refractivity contribution in [1.29, 1.82) is 0 Å². The number of hydrogen-bond acceptors (Lipinski definition) is 3. The van der Waals surface area contributed by atoms with Crippen LogP contribution in [0.15, 0.2) is 42.5 Å². The zero-order valence-electron chi connectivity index (χ0n) is 15.0. The van der Waals surface area contributed by atoms with Crippen molar-refractivity contribution in [2.45, 2.75) is 20.8 Å². The van der Waals surface area contributed by atoms with Gasteiger partial charge in [0.2, 0.25) is 0 Å². The van der Waals surface area contributed by atoms with Gasteiger partial charge >= 0.3 is 6.09 Å². The second kappa shape index (κ2) is 7.31. The summed E-state index contributed by atoms with van der Waals surface area (Å²) >= 11 is 0. The zero-order valence-corrected chi connectivity index (χ0v) is 15.0. The van der Waals surface area contributed by atoms with Crippen LogP contribution in [0.25, 0.3) is 10.9 Å². The molecule has 0 atom stereocenters. The highest BCUT2D eigenvalue weighted by Crippen LogP contribution is 2.23. The zero-order chi connectivity index (χ0) is 18.7. The lowest BCUT2D eigenvalue weighted by molar-refractivity contribution is 0.102. The van der Waals surface area contributed by atoms with Crippen molar-refractivity contribution in [2.75, 3.05) is 17.2 Å². The van der Waals surface area contributed by atoms with Crippen LogP contribution in [-0.2, 0) is 4.74 Å². The van der Waals surface area contributed by atoms with Gasteiger partial charge in [0.05, 0.1) is 6.61 Å². The molecule has 6 nitrogen and oxygen atoms in total. The van der Waals surface area contributed by atoms with Gasteiger partial charge < -0.3 is 15.0 Å². The van der Waals surface area contributed by atoms with Gasteiger partial charge in [-0.05, 0) is 68.8 Å². The molecule has 3 rings (SSSR count). The van der Waals surface area contributed by atoms with E-state index in [9.17, 15) is 9.59 Å². The van der Waals surface area contributed by atoms with E-state index in [4.69, 9.17) is 4.74 Å². The van der Waals surface area contributed by atoms with Gasteiger partial charge in [0, 0.05) is 33.5 Å². The highest BCUT2D eigenvalue weighted by atomic mass is 16.5. The molecule has 0 spiro atoms. The highest BCUT2D eigenvalue weighted by Gasteiger charge is 2.10.